The smallest absolute Gasteiger partial charge is 0.0508 e. The summed E-state index contributed by atoms with van der Waals surface area (Å²) in [6, 6.07) is 0.536. The molecule has 0 spiro atoms. The van der Waals surface area contributed by atoms with Gasteiger partial charge in [-0.3, -0.25) is 0 Å². The minimum Gasteiger partial charge on any atom is -0.385 e. The van der Waals surface area contributed by atoms with Crippen LogP contribution in [0, 0.1) is 5.41 Å². The zero-order chi connectivity index (χ0) is 8.27. The summed E-state index contributed by atoms with van der Waals surface area (Å²) in [6.07, 6.45) is 1.38. The van der Waals surface area contributed by atoms with E-state index in [1.165, 1.54) is 6.21 Å². The van der Waals surface area contributed by atoms with Gasteiger partial charge in [-0.05, 0) is 29.5 Å². The fourth-order valence-corrected chi connectivity index (χ4v) is 1.32. The Hall–Kier alpha value is -0.100. The molecule has 1 heterocycles. The van der Waals surface area contributed by atoms with Gasteiger partial charge in [0.25, 0.3) is 0 Å². The normalized spacial score (nSPS) is 29.1. The molecule has 1 aliphatic heterocycles. The summed E-state index contributed by atoms with van der Waals surface area (Å²) in [5, 5.41) is 13.6. The van der Waals surface area contributed by atoms with Crippen LogP contribution in [-0.2, 0) is 0 Å². The Balaban J connectivity index is 2.57. The average Bonchev–Trinajstić information content (AvgIpc) is 2.05. The van der Waals surface area contributed by atoms with Gasteiger partial charge in [-0.1, -0.05) is 0 Å². The number of hydrogen-bond donors (Lipinski definition) is 3. The van der Waals surface area contributed by atoms with E-state index in [9.17, 15) is 0 Å². The van der Waals surface area contributed by atoms with Gasteiger partial charge < -0.3 is 16.0 Å². The average molecular weight is 265 g/mol. The molecule has 0 unspecified atom stereocenters. The van der Waals surface area contributed by atoms with E-state index >= 15 is 0 Å². The van der Waals surface area contributed by atoms with Gasteiger partial charge in [-0.2, -0.15) is 0 Å². The molecule has 4 heteroatoms. The molecule has 0 aromatic carbocycles. The summed E-state index contributed by atoms with van der Waals surface area (Å²) in [5.41, 5.74) is 1.14. The molecule has 0 saturated carbocycles. The van der Waals surface area contributed by atoms with Crippen molar-refractivity contribution < 1.29 is 0 Å². The van der Waals surface area contributed by atoms with Gasteiger partial charge in [-0.15, -0.1) is 0 Å². The molecule has 0 aromatic rings. The van der Waals surface area contributed by atoms with Crippen molar-refractivity contribution in [2.45, 2.75) is 13.0 Å². The molecule has 0 amide bonds. The Kier molecular flexibility index (Phi) is 3.32. The monoisotopic (exact) mass is 265 g/mol. The maximum absolute atomic E-state index is 7.04. The molecule has 3 N–H and O–H groups in total. The van der Waals surface area contributed by atoms with E-state index in [0.29, 0.717) is 6.04 Å². The van der Waals surface area contributed by atoms with Gasteiger partial charge in [-0.25, -0.2) is 0 Å². The van der Waals surface area contributed by atoms with Crippen LogP contribution in [0.15, 0.2) is 9.28 Å². The molecule has 62 valence electrons. The number of halogens is 1. The maximum Gasteiger partial charge on any atom is 0.0508 e. The van der Waals surface area contributed by atoms with E-state index in [1.807, 2.05) is 0 Å². The first-order valence-electron chi connectivity index (χ1n) is 3.60. The summed E-state index contributed by atoms with van der Waals surface area (Å²) < 4.78 is 0.988. The van der Waals surface area contributed by atoms with Crippen LogP contribution in [0.25, 0.3) is 0 Å². The van der Waals surface area contributed by atoms with Crippen molar-refractivity contribution in [2.24, 2.45) is 0 Å². The first-order chi connectivity index (χ1) is 5.24. The first kappa shape index (κ1) is 8.99. The van der Waals surface area contributed by atoms with Crippen LogP contribution in [0.2, 0.25) is 0 Å². The second-order valence-corrected chi connectivity index (χ2v) is 3.80. The van der Waals surface area contributed by atoms with Crippen LogP contribution in [0.3, 0.4) is 0 Å². The largest absolute Gasteiger partial charge is 0.385 e. The molecular formula is C7H12IN3. The highest BCUT2D eigenvalue weighted by Crippen LogP contribution is 2.09. The van der Waals surface area contributed by atoms with E-state index in [-0.39, 0.29) is 0 Å². The number of rotatable bonds is 1. The van der Waals surface area contributed by atoms with Crippen LogP contribution in [-0.4, -0.2) is 25.3 Å². The molecule has 0 bridgehead atoms. The molecule has 1 fully saturated rings. The SMILES string of the molecule is C[C@H]1CN/C(=C(/I)C=N)CN1. The van der Waals surface area contributed by atoms with Crippen LogP contribution >= 0.6 is 22.6 Å². The van der Waals surface area contributed by atoms with Gasteiger partial charge in [0, 0.05) is 31.0 Å². The molecule has 3 nitrogen and oxygen atoms in total. The highest BCUT2D eigenvalue weighted by Gasteiger charge is 2.11. The quantitative estimate of drug-likeness (QED) is 0.486. The number of nitrogens with one attached hydrogen (secondary N) is 3. The molecule has 11 heavy (non-hydrogen) atoms. The third-order valence-electron chi connectivity index (χ3n) is 1.66. The van der Waals surface area contributed by atoms with Gasteiger partial charge >= 0.3 is 0 Å². The third-order valence-corrected chi connectivity index (χ3v) is 2.63. The lowest BCUT2D eigenvalue weighted by Gasteiger charge is -2.24. The Morgan fingerprint density at radius 3 is 3.00 bits per heavy atom. The van der Waals surface area contributed by atoms with E-state index in [0.717, 1.165) is 22.4 Å². The Labute approximate surface area is 80.3 Å². The van der Waals surface area contributed by atoms with Gasteiger partial charge in [0.1, 0.15) is 0 Å². The molecule has 1 rings (SSSR count). The fraction of sp³-hybridized carbons (Fsp3) is 0.571. The first-order valence-corrected chi connectivity index (χ1v) is 4.68. The fourth-order valence-electron chi connectivity index (χ4n) is 0.943. The topological polar surface area (TPSA) is 47.9 Å². The molecule has 0 radical (unpaired) electrons. The number of piperazine rings is 1. The minimum atomic E-state index is 0.536. The summed E-state index contributed by atoms with van der Waals surface area (Å²) in [6.45, 7) is 3.95. The Morgan fingerprint density at radius 1 is 1.82 bits per heavy atom. The number of hydrogen-bond acceptors (Lipinski definition) is 3. The summed E-state index contributed by atoms with van der Waals surface area (Å²) >= 11 is 2.17. The third kappa shape index (κ3) is 2.44. The van der Waals surface area contributed by atoms with Gasteiger partial charge in [0.15, 0.2) is 0 Å². The lowest BCUT2D eigenvalue weighted by Crippen LogP contribution is -2.45. The van der Waals surface area contributed by atoms with E-state index < -0.39 is 0 Å². The van der Waals surface area contributed by atoms with Crippen LogP contribution in [0.5, 0.6) is 0 Å². The predicted octanol–water partition coefficient (Wildman–Crippen LogP) is 0.864. The molecule has 1 atom stereocenters. The summed E-state index contributed by atoms with van der Waals surface area (Å²) in [5.74, 6) is 0. The molecule has 0 aliphatic carbocycles. The maximum atomic E-state index is 7.04. The van der Waals surface area contributed by atoms with Crippen molar-refractivity contribution in [1.29, 1.82) is 5.41 Å². The molecule has 1 saturated heterocycles. The van der Waals surface area contributed by atoms with Crippen LogP contribution in [0.4, 0.5) is 0 Å². The Bertz CT molecular complexity index is 178. The minimum absolute atomic E-state index is 0.536. The summed E-state index contributed by atoms with van der Waals surface area (Å²) in [7, 11) is 0. The van der Waals surface area contributed by atoms with Crippen molar-refractivity contribution in [3.05, 3.63) is 9.28 Å². The molecule has 0 aromatic heterocycles. The van der Waals surface area contributed by atoms with Crippen molar-refractivity contribution in [3.63, 3.8) is 0 Å². The number of allylic oxidation sites excluding steroid dienone is 1. The van der Waals surface area contributed by atoms with Gasteiger partial charge in [0.05, 0.1) is 3.58 Å². The highest BCUT2D eigenvalue weighted by atomic mass is 127. The lowest BCUT2D eigenvalue weighted by atomic mass is 10.2. The standard InChI is InChI=1S/C7H12IN3/c1-5-3-11-7(4-10-5)6(8)2-9/h2,5,9-11H,3-4H2,1H3/b7-6+,9-2?/t5-/m0/s1. The second kappa shape index (κ2) is 4.06. The van der Waals surface area contributed by atoms with Crippen molar-refractivity contribution in [1.82, 2.24) is 10.6 Å². The van der Waals surface area contributed by atoms with Crippen molar-refractivity contribution in [2.75, 3.05) is 13.1 Å². The van der Waals surface area contributed by atoms with Crippen molar-refractivity contribution >= 4 is 28.8 Å². The second-order valence-electron chi connectivity index (χ2n) is 2.63. The van der Waals surface area contributed by atoms with Crippen molar-refractivity contribution in [3.8, 4) is 0 Å². The van der Waals surface area contributed by atoms with E-state index in [4.69, 9.17) is 5.41 Å². The summed E-state index contributed by atoms with van der Waals surface area (Å²) in [4.78, 5) is 0. The zero-order valence-electron chi connectivity index (χ0n) is 6.45. The van der Waals surface area contributed by atoms with Gasteiger partial charge in [0.2, 0.25) is 0 Å². The molecule has 1 aliphatic rings. The van der Waals surface area contributed by atoms with E-state index in [1.54, 1.807) is 0 Å². The van der Waals surface area contributed by atoms with Crippen LogP contribution in [0.1, 0.15) is 6.92 Å². The Morgan fingerprint density at radius 2 is 2.55 bits per heavy atom. The predicted molar refractivity (Wildman–Crippen MR) is 55.3 cm³/mol. The lowest BCUT2D eigenvalue weighted by molar-refractivity contribution is 0.488. The molecular weight excluding hydrogens is 253 g/mol. The van der Waals surface area contributed by atoms with E-state index in [2.05, 4.69) is 40.1 Å². The highest BCUT2D eigenvalue weighted by molar-refractivity contribution is 14.1. The van der Waals surface area contributed by atoms with Crippen LogP contribution < -0.4 is 10.6 Å². The zero-order valence-corrected chi connectivity index (χ0v) is 8.60.